The van der Waals surface area contributed by atoms with Crippen molar-refractivity contribution in [2.45, 2.75) is 97.5 Å². The highest BCUT2D eigenvalue weighted by atomic mass is 28.3. The van der Waals surface area contributed by atoms with Gasteiger partial charge in [0.25, 0.3) is 0 Å². The van der Waals surface area contributed by atoms with Crippen molar-refractivity contribution in [3.63, 3.8) is 0 Å². The van der Waals surface area contributed by atoms with Crippen molar-refractivity contribution in [1.82, 2.24) is 0 Å². The molecular formula is C18H36O2Si. The summed E-state index contributed by atoms with van der Waals surface area (Å²) in [4.78, 5) is 11.4. The van der Waals surface area contributed by atoms with Gasteiger partial charge in [-0.3, -0.25) is 4.79 Å². The average Bonchev–Trinajstić information content (AvgIpc) is 2.35. The van der Waals surface area contributed by atoms with Gasteiger partial charge in [0.15, 0.2) is 0 Å². The molecule has 124 valence electrons. The number of allylic oxidation sites excluding steroid dienone is 1. The van der Waals surface area contributed by atoms with E-state index in [0.29, 0.717) is 0 Å². The van der Waals surface area contributed by atoms with Crippen LogP contribution in [0.25, 0.3) is 0 Å². The van der Waals surface area contributed by atoms with Gasteiger partial charge >= 0.3 is 5.97 Å². The summed E-state index contributed by atoms with van der Waals surface area (Å²) < 4.78 is 5.65. The van der Waals surface area contributed by atoms with Gasteiger partial charge in [-0.2, -0.15) is 0 Å². The lowest BCUT2D eigenvalue weighted by Gasteiger charge is -2.26. The summed E-state index contributed by atoms with van der Waals surface area (Å²) in [5, 5.41) is 0. The van der Waals surface area contributed by atoms with E-state index in [0.717, 1.165) is 25.3 Å². The number of carbonyl (C=O) groups excluding carboxylic acids is 1. The first-order valence-corrected chi connectivity index (χ1v) is 12.4. The predicted molar refractivity (Wildman–Crippen MR) is 95.5 cm³/mol. The number of hydrogen-bond acceptors (Lipinski definition) is 2. The molecule has 0 N–H and O–H groups in total. The van der Waals surface area contributed by atoms with E-state index in [1.54, 1.807) is 0 Å². The summed E-state index contributed by atoms with van der Waals surface area (Å²) in [5.74, 6) is -0.145. The van der Waals surface area contributed by atoms with Crippen molar-refractivity contribution in [3.8, 4) is 0 Å². The molecule has 0 saturated heterocycles. The maximum Gasteiger partial charge on any atom is 0.303 e. The number of rotatable bonds is 11. The molecule has 0 fully saturated rings. The number of esters is 1. The number of ether oxygens (including phenoxy) is 1. The standard InChI is InChI=1S/C18H36O2Si/c1-7-9-11-13-17(15-21(4,5)6)18(20-16(3)19)14-12-10-8-2/h13,18H,7-12,14-15H2,1-6H3/b17-13+. The normalized spacial score (nSPS) is 14.1. The Morgan fingerprint density at radius 3 is 2.19 bits per heavy atom. The van der Waals surface area contributed by atoms with E-state index in [-0.39, 0.29) is 12.1 Å². The van der Waals surface area contributed by atoms with Gasteiger partial charge in [-0.05, 0) is 30.9 Å². The Kier molecular flexibility index (Phi) is 10.8. The van der Waals surface area contributed by atoms with Gasteiger partial charge in [-0.1, -0.05) is 65.2 Å². The monoisotopic (exact) mass is 312 g/mol. The molecule has 1 unspecified atom stereocenters. The van der Waals surface area contributed by atoms with Crippen LogP contribution in [0.5, 0.6) is 0 Å². The van der Waals surface area contributed by atoms with E-state index < -0.39 is 8.07 Å². The minimum absolute atomic E-state index is 0.0117. The molecule has 0 bridgehead atoms. The van der Waals surface area contributed by atoms with E-state index in [4.69, 9.17) is 4.74 Å². The van der Waals surface area contributed by atoms with Crippen molar-refractivity contribution in [2.75, 3.05) is 0 Å². The molecule has 0 spiro atoms. The quantitative estimate of drug-likeness (QED) is 0.204. The van der Waals surface area contributed by atoms with Crippen molar-refractivity contribution >= 4 is 14.0 Å². The molecule has 2 nitrogen and oxygen atoms in total. The third kappa shape index (κ3) is 11.7. The van der Waals surface area contributed by atoms with Crippen molar-refractivity contribution in [2.24, 2.45) is 0 Å². The summed E-state index contributed by atoms with van der Waals surface area (Å²) in [6, 6.07) is 1.14. The van der Waals surface area contributed by atoms with Gasteiger partial charge in [-0.15, -0.1) is 0 Å². The third-order valence-electron chi connectivity index (χ3n) is 3.49. The molecule has 0 aromatic heterocycles. The molecule has 0 heterocycles. The van der Waals surface area contributed by atoms with Crippen molar-refractivity contribution in [1.29, 1.82) is 0 Å². The maximum absolute atomic E-state index is 11.4. The van der Waals surface area contributed by atoms with E-state index in [1.165, 1.54) is 38.2 Å². The smallest absolute Gasteiger partial charge is 0.303 e. The highest BCUT2D eigenvalue weighted by Gasteiger charge is 2.23. The molecule has 1 atom stereocenters. The Balaban J connectivity index is 4.94. The maximum atomic E-state index is 11.4. The number of unbranched alkanes of at least 4 members (excludes halogenated alkanes) is 4. The molecule has 0 aromatic carbocycles. The van der Waals surface area contributed by atoms with Crippen LogP contribution < -0.4 is 0 Å². The molecule has 0 saturated carbocycles. The summed E-state index contributed by atoms with van der Waals surface area (Å²) in [6.45, 7) is 13.1. The molecule has 0 rings (SSSR count). The molecule has 0 amide bonds. The Labute approximate surface area is 133 Å². The molecule has 0 aliphatic rings. The van der Waals surface area contributed by atoms with Gasteiger partial charge in [0, 0.05) is 15.0 Å². The van der Waals surface area contributed by atoms with Crippen LogP contribution in [0, 0.1) is 0 Å². The first kappa shape index (κ1) is 20.4. The first-order chi connectivity index (χ1) is 9.80. The minimum Gasteiger partial charge on any atom is -0.458 e. The minimum atomic E-state index is -1.20. The number of hydrogen-bond donors (Lipinski definition) is 0. The van der Waals surface area contributed by atoms with Crippen LogP contribution in [-0.4, -0.2) is 20.1 Å². The second-order valence-corrected chi connectivity index (χ2v) is 12.7. The fourth-order valence-corrected chi connectivity index (χ4v) is 4.12. The first-order valence-electron chi connectivity index (χ1n) is 8.66. The Bertz CT molecular complexity index is 316. The number of carbonyl (C=O) groups is 1. The van der Waals surface area contributed by atoms with Gasteiger partial charge in [0.2, 0.25) is 0 Å². The van der Waals surface area contributed by atoms with Gasteiger partial charge in [-0.25, -0.2) is 0 Å². The molecule has 0 radical (unpaired) electrons. The average molecular weight is 313 g/mol. The predicted octanol–water partition coefficient (Wildman–Crippen LogP) is 5.95. The lowest BCUT2D eigenvalue weighted by molar-refractivity contribution is -0.144. The molecule has 21 heavy (non-hydrogen) atoms. The lowest BCUT2D eigenvalue weighted by Crippen LogP contribution is -2.27. The topological polar surface area (TPSA) is 26.3 Å². The summed E-state index contributed by atoms with van der Waals surface area (Å²) in [5.41, 5.74) is 1.38. The van der Waals surface area contributed by atoms with Crippen LogP contribution in [0.4, 0.5) is 0 Å². The van der Waals surface area contributed by atoms with Crippen LogP contribution in [0.1, 0.15) is 65.7 Å². The van der Waals surface area contributed by atoms with Gasteiger partial charge in [0.05, 0.1) is 0 Å². The fraction of sp³-hybridized carbons (Fsp3) is 0.833. The lowest BCUT2D eigenvalue weighted by atomic mass is 10.0. The van der Waals surface area contributed by atoms with Crippen LogP contribution >= 0.6 is 0 Å². The van der Waals surface area contributed by atoms with Crippen LogP contribution in [-0.2, 0) is 9.53 Å². The molecule has 0 aliphatic heterocycles. The zero-order valence-electron chi connectivity index (χ0n) is 15.1. The zero-order chi connectivity index (χ0) is 16.3. The molecular weight excluding hydrogens is 276 g/mol. The molecule has 3 heteroatoms. The van der Waals surface area contributed by atoms with Crippen LogP contribution in [0.3, 0.4) is 0 Å². The Hall–Kier alpha value is -0.573. The summed E-state index contributed by atoms with van der Waals surface area (Å²) in [6.07, 6.45) is 10.5. The zero-order valence-corrected chi connectivity index (χ0v) is 16.1. The fourth-order valence-electron chi connectivity index (χ4n) is 2.52. The van der Waals surface area contributed by atoms with Crippen molar-refractivity contribution in [3.05, 3.63) is 11.6 Å². The summed E-state index contributed by atoms with van der Waals surface area (Å²) in [7, 11) is -1.20. The molecule has 0 aliphatic carbocycles. The second-order valence-electron chi connectivity index (χ2n) is 7.25. The second kappa shape index (κ2) is 11.1. The van der Waals surface area contributed by atoms with E-state index in [9.17, 15) is 4.79 Å². The van der Waals surface area contributed by atoms with E-state index >= 15 is 0 Å². The van der Waals surface area contributed by atoms with Crippen molar-refractivity contribution < 1.29 is 9.53 Å². The van der Waals surface area contributed by atoms with E-state index in [1.807, 2.05) is 0 Å². The highest BCUT2D eigenvalue weighted by Crippen LogP contribution is 2.25. The van der Waals surface area contributed by atoms with Gasteiger partial charge < -0.3 is 4.74 Å². The SMILES string of the molecule is CCCC/C=C(\C[Si](C)(C)C)C(CCCCC)OC(C)=O. The highest BCUT2D eigenvalue weighted by molar-refractivity contribution is 6.76. The Morgan fingerprint density at radius 2 is 1.71 bits per heavy atom. The van der Waals surface area contributed by atoms with Gasteiger partial charge in [0.1, 0.15) is 6.10 Å². The molecule has 0 aromatic rings. The third-order valence-corrected chi connectivity index (χ3v) is 4.96. The van der Waals surface area contributed by atoms with E-state index in [2.05, 4.69) is 39.6 Å². The largest absolute Gasteiger partial charge is 0.458 e. The van der Waals surface area contributed by atoms with Crippen LogP contribution in [0.15, 0.2) is 11.6 Å². The summed E-state index contributed by atoms with van der Waals surface area (Å²) >= 11 is 0. The van der Waals surface area contributed by atoms with Crippen LogP contribution in [0.2, 0.25) is 25.7 Å². The Morgan fingerprint density at radius 1 is 1.10 bits per heavy atom.